The zero-order valence-corrected chi connectivity index (χ0v) is 11.0. The molecule has 0 aromatic carbocycles. The fourth-order valence-electron chi connectivity index (χ4n) is 3.59. The van der Waals surface area contributed by atoms with E-state index in [1.54, 1.807) is 0 Å². The quantitative estimate of drug-likeness (QED) is 0.790. The number of nitrogens with one attached hydrogen (secondary N) is 1. The molecule has 94 valence electrons. The Labute approximate surface area is 101 Å². The lowest BCUT2D eigenvalue weighted by atomic mass is 9.84. The molecule has 0 amide bonds. The molecule has 2 aliphatic rings. The fraction of sp³-hybridized carbons (Fsp3) is 1.00. The first-order valence-electron chi connectivity index (χ1n) is 7.29. The molecule has 16 heavy (non-hydrogen) atoms. The van der Waals surface area contributed by atoms with E-state index in [4.69, 9.17) is 0 Å². The van der Waals surface area contributed by atoms with Gasteiger partial charge in [0.15, 0.2) is 0 Å². The molecule has 0 aromatic rings. The zero-order valence-electron chi connectivity index (χ0n) is 11.0. The standard InChI is InChI=1S/C14H28N2/c1-3-10-16(13-8-9-15-11-13)14-7-5-4-6-12(14)2/h12-15H,3-11H2,1-2H3. The van der Waals surface area contributed by atoms with Crippen molar-refractivity contribution in [1.82, 2.24) is 10.2 Å². The van der Waals surface area contributed by atoms with Crippen molar-refractivity contribution in [2.75, 3.05) is 19.6 Å². The van der Waals surface area contributed by atoms with Crippen LogP contribution in [0.1, 0.15) is 52.4 Å². The summed E-state index contributed by atoms with van der Waals surface area (Å²) in [6, 6.07) is 1.70. The zero-order chi connectivity index (χ0) is 11.4. The Kier molecular flexibility index (Phi) is 4.66. The van der Waals surface area contributed by atoms with Crippen LogP contribution in [-0.4, -0.2) is 36.6 Å². The molecular weight excluding hydrogens is 196 g/mol. The van der Waals surface area contributed by atoms with Gasteiger partial charge in [-0.05, 0) is 44.7 Å². The van der Waals surface area contributed by atoms with E-state index in [1.165, 1.54) is 58.2 Å². The van der Waals surface area contributed by atoms with Gasteiger partial charge < -0.3 is 5.32 Å². The summed E-state index contributed by atoms with van der Waals surface area (Å²) < 4.78 is 0. The first-order valence-corrected chi connectivity index (χ1v) is 7.29. The summed E-state index contributed by atoms with van der Waals surface area (Å²) in [7, 11) is 0. The second kappa shape index (κ2) is 6.02. The van der Waals surface area contributed by atoms with Gasteiger partial charge in [-0.25, -0.2) is 0 Å². The molecule has 0 aromatic heterocycles. The van der Waals surface area contributed by atoms with Gasteiger partial charge in [-0.15, -0.1) is 0 Å². The van der Waals surface area contributed by atoms with Gasteiger partial charge in [0.2, 0.25) is 0 Å². The van der Waals surface area contributed by atoms with Gasteiger partial charge in [-0.3, -0.25) is 4.90 Å². The Morgan fingerprint density at radius 3 is 2.62 bits per heavy atom. The van der Waals surface area contributed by atoms with Crippen LogP contribution in [0.25, 0.3) is 0 Å². The highest BCUT2D eigenvalue weighted by atomic mass is 15.2. The van der Waals surface area contributed by atoms with Crippen LogP contribution in [0.15, 0.2) is 0 Å². The van der Waals surface area contributed by atoms with Crippen molar-refractivity contribution in [2.45, 2.75) is 64.5 Å². The van der Waals surface area contributed by atoms with Crippen molar-refractivity contribution < 1.29 is 0 Å². The van der Waals surface area contributed by atoms with Crippen LogP contribution in [0.3, 0.4) is 0 Å². The van der Waals surface area contributed by atoms with Gasteiger partial charge >= 0.3 is 0 Å². The molecule has 2 heteroatoms. The first kappa shape index (κ1) is 12.4. The summed E-state index contributed by atoms with van der Waals surface area (Å²) in [5.74, 6) is 0.917. The number of rotatable bonds is 4. The van der Waals surface area contributed by atoms with Crippen molar-refractivity contribution in [3.05, 3.63) is 0 Å². The van der Waals surface area contributed by atoms with Crippen LogP contribution in [0, 0.1) is 5.92 Å². The Balaban J connectivity index is 1.98. The minimum Gasteiger partial charge on any atom is -0.315 e. The number of nitrogens with zero attached hydrogens (tertiary/aromatic N) is 1. The van der Waals surface area contributed by atoms with Crippen LogP contribution in [0.4, 0.5) is 0 Å². The maximum absolute atomic E-state index is 3.52. The lowest BCUT2D eigenvalue weighted by Crippen LogP contribution is -2.48. The van der Waals surface area contributed by atoms with Gasteiger partial charge in [0, 0.05) is 18.6 Å². The highest BCUT2D eigenvalue weighted by Crippen LogP contribution is 2.30. The molecule has 0 radical (unpaired) electrons. The summed E-state index contributed by atoms with van der Waals surface area (Å²) in [6.45, 7) is 8.55. The first-order chi connectivity index (χ1) is 7.83. The average Bonchev–Trinajstić information content (AvgIpc) is 2.80. The van der Waals surface area contributed by atoms with E-state index >= 15 is 0 Å². The summed E-state index contributed by atoms with van der Waals surface area (Å²) in [6.07, 6.45) is 8.47. The average molecular weight is 224 g/mol. The molecule has 3 unspecified atom stereocenters. The van der Waals surface area contributed by atoms with Crippen molar-refractivity contribution >= 4 is 0 Å². The van der Waals surface area contributed by atoms with Gasteiger partial charge in [-0.1, -0.05) is 26.7 Å². The Morgan fingerprint density at radius 2 is 2.00 bits per heavy atom. The van der Waals surface area contributed by atoms with Crippen LogP contribution in [-0.2, 0) is 0 Å². The smallest absolute Gasteiger partial charge is 0.0235 e. The van der Waals surface area contributed by atoms with Gasteiger partial charge in [0.25, 0.3) is 0 Å². The minimum atomic E-state index is 0.825. The molecule has 2 fully saturated rings. The van der Waals surface area contributed by atoms with Crippen LogP contribution < -0.4 is 5.32 Å². The second-order valence-electron chi connectivity index (χ2n) is 5.71. The molecule has 1 aliphatic carbocycles. The minimum absolute atomic E-state index is 0.825. The van der Waals surface area contributed by atoms with E-state index < -0.39 is 0 Å². The summed E-state index contributed by atoms with van der Waals surface area (Å²) in [5.41, 5.74) is 0. The van der Waals surface area contributed by atoms with E-state index in [0.29, 0.717) is 0 Å². The second-order valence-corrected chi connectivity index (χ2v) is 5.71. The molecule has 0 bridgehead atoms. The topological polar surface area (TPSA) is 15.3 Å². The largest absolute Gasteiger partial charge is 0.315 e. The molecule has 1 saturated carbocycles. The van der Waals surface area contributed by atoms with E-state index in [-0.39, 0.29) is 0 Å². The Hall–Kier alpha value is -0.0800. The normalized spacial score (nSPS) is 35.8. The third-order valence-corrected chi connectivity index (χ3v) is 4.48. The number of hydrogen-bond donors (Lipinski definition) is 1. The van der Waals surface area contributed by atoms with E-state index in [0.717, 1.165) is 18.0 Å². The lowest BCUT2D eigenvalue weighted by molar-refractivity contribution is 0.0759. The Morgan fingerprint density at radius 1 is 1.19 bits per heavy atom. The molecule has 1 saturated heterocycles. The van der Waals surface area contributed by atoms with E-state index in [9.17, 15) is 0 Å². The highest BCUT2D eigenvalue weighted by molar-refractivity contribution is 4.88. The summed E-state index contributed by atoms with van der Waals surface area (Å²) >= 11 is 0. The van der Waals surface area contributed by atoms with Gasteiger partial charge in [0.05, 0.1) is 0 Å². The van der Waals surface area contributed by atoms with Gasteiger partial charge in [-0.2, -0.15) is 0 Å². The fourth-order valence-corrected chi connectivity index (χ4v) is 3.59. The molecule has 2 rings (SSSR count). The maximum atomic E-state index is 3.52. The monoisotopic (exact) mass is 224 g/mol. The molecule has 1 N–H and O–H groups in total. The summed E-state index contributed by atoms with van der Waals surface area (Å²) in [5, 5.41) is 3.52. The molecular formula is C14H28N2. The Bertz CT molecular complexity index is 199. The number of hydrogen-bond acceptors (Lipinski definition) is 2. The van der Waals surface area contributed by atoms with Crippen molar-refractivity contribution in [1.29, 1.82) is 0 Å². The van der Waals surface area contributed by atoms with Crippen LogP contribution in [0.2, 0.25) is 0 Å². The molecule has 0 spiro atoms. The van der Waals surface area contributed by atoms with Crippen molar-refractivity contribution in [3.63, 3.8) is 0 Å². The molecule has 1 heterocycles. The van der Waals surface area contributed by atoms with Crippen LogP contribution >= 0.6 is 0 Å². The van der Waals surface area contributed by atoms with E-state index in [1.807, 2.05) is 0 Å². The van der Waals surface area contributed by atoms with E-state index in [2.05, 4.69) is 24.1 Å². The third kappa shape index (κ3) is 2.78. The molecule has 3 atom stereocenters. The van der Waals surface area contributed by atoms with Crippen LogP contribution in [0.5, 0.6) is 0 Å². The van der Waals surface area contributed by atoms with Gasteiger partial charge in [0.1, 0.15) is 0 Å². The SMILES string of the molecule is CCCN(C1CCNC1)C1CCCCC1C. The summed E-state index contributed by atoms with van der Waals surface area (Å²) in [4.78, 5) is 2.84. The molecule has 2 nitrogen and oxygen atoms in total. The highest BCUT2D eigenvalue weighted by Gasteiger charge is 2.32. The predicted molar refractivity (Wildman–Crippen MR) is 69.7 cm³/mol. The van der Waals surface area contributed by atoms with Crippen molar-refractivity contribution in [3.8, 4) is 0 Å². The predicted octanol–water partition coefficient (Wildman–Crippen LogP) is 2.64. The molecule has 1 aliphatic heterocycles. The van der Waals surface area contributed by atoms with Crippen molar-refractivity contribution in [2.24, 2.45) is 5.92 Å². The lowest BCUT2D eigenvalue weighted by Gasteiger charge is -2.41. The maximum Gasteiger partial charge on any atom is 0.0235 e. The third-order valence-electron chi connectivity index (χ3n) is 4.48.